The fraction of sp³-hybridized carbons (Fsp3) is 0.818. The minimum absolute atomic E-state index is 0.195. The number of aromatic nitrogens is 2. The molecule has 8 heteroatoms. The van der Waals surface area contributed by atoms with Gasteiger partial charge in [-0.3, -0.25) is 0 Å². The van der Waals surface area contributed by atoms with Crippen LogP contribution in [-0.4, -0.2) is 34.6 Å². The highest BCUT2D eigenvalue weighted by atomic mass is 19.4. The molecule has 0 spiro atoms. The van der Waals surface area contributed by atoms with Crippen molar-refractivity contribution in [3.05, 3.63) is 11.7 Å². The van der Waals surface area contributed by atoms with Crippen molar-refractivity contribution in [3.8, 4) is 0 Å². The second-order valence-corrected chi connectivity index (χ2v) is 4.28. The van der Waals surface area contributed by atoms with Crippen molar-refractivity contribution >= 4 is 0 Å². The molecule has 0 aliphatic rings. The molecule has 110 valence electrons. The van der Waals surface area contributed by atoms with Crippen LogP contribution < -0.4 is 0 Å². The van der Waals surface area contributed by atoms with Gasteiger partial charge in [-0.2, -0.15) is 18.2 Å². The molecule has 1 aromatic heterocycles. The summed E-state index contributed by atoms with van der Waals surface area (Å²) in [5.74, 6) is -1.38. The molecule has 0 aromatic carbocycles. The summed E-state index contributed by atoms with van der Waals surface area (Å²) in [6.45, 7) is 3.11. The number of methoxy groups -OCH3 is 1. The molecule has 0 aliphatic heterocycles. The molecule has 5 nitrogen and oxygen atoms in total. The Kier molecular flexibility index (Phi) is 5.30. The highest BCUT2D eigenvalue weighted by molar-refractivity contribution is 4.99. The van der Waals surface area contributed by atoms with Crippen LogP contribution in [0.3, 0.4) is 0 Å². The Hall–Kier alpha value is -1.15. The predicted molar refractivity (Wildman–Crippen MR) is 59.4 cm³/mol. The first-order valence-electron chi connectivity index (χ1n) is 5.92. The molecule has 0 amide bonds. The molecule has 0 saturated carbocycles. The third kappa shape index (κ3) is 3.90. The SMILES string of the molecule is CCCC(OC)c1noc(C(C)C(O)C(F)(F)F)n1. The van der Waals surface area contributed by atoms with Crippen molar-refractivity contribution in [2.75, 3.05) is 7.11 Å². The van der Waals surface area contributed by atoms with E-state index in [2.05, 4.69) is 10.1 Å². The quantitative estimate of drug-likeness (QED) is 0.868. The number of ether oxygens (including phenoxy) is 1. The number of aliphatic hydroxyl groups is 1. The van der Waals surface area contributed by atoms with Crippen LogP contribution >= 0.6 is 0 Å². The Morgan fingerprint density at radius 1 is 1.42 bits per heavy atom. The molecule has 0 radical (unpaired) electrons. The first-order chi connectivity index (χ1) is 8.81. The number of nitrogens with zero attached hydrogens (tertiary/aromatic N) is 2. The van der Waals surface area contributed by atoms with Crippen LogP contribution in [0.1, 0.15) is 50.4 Å². The van der Waals surface area contributed by atoms with E-state index in [0.29, 0.717) is 6.42 Å². The highest BCUT2D eigenvalue weighted by Crippen LogP contribution is 2.31. The van der Waals surface area contributed by atoms with Crippen LogP contribution in [-0.2, 0) is 4.74 Å². The first-order valence-corrected chi connectivity index (χ1v) is 5.92. The molecule has 0 fully saturated rings. The number of aliphatic hydroxyl groups excluding tert-OH is 1. The molecule has 19 heavy (non-hydrogen) atoms. The maximum absolute atomic E-state index is 12.4. The lowest BCUT2D eigenvalue weighted by Crippen LogP contribution is -2.33. The van der Waals surface area contributed by atoms with Gasteiger partial charge in [0.25, 0.3) is 0 Å². The molecule has 0 aliphatic carbocycles. The second-order valence-electron chi connectivity index (χ2n) is 4.28. The number of hydrogen-bond donors (Lipinski definition) is 1. The van der Waals surface area contributed by atoms with E-state index in [1.165, 1.54) is 14.0 Å². The van der Waals surface area contributed by atoms with Crippen molar-refractivity contribution in [2.45, 2.75) is 51.0 Å². The van der Waals surface area contributed by atoms with Crippen LogP contribution in [0.5, 0.6) is 0 Å². The first kappa shape index (κ1) is 15.9. The summed E-state index contributed by atoms with van der Waals surface area (Å²) >= 11 is 0. The largest absolute Gasteiger partial charge is 0.415 e. The molecule has 1 rings (SSSR count). The third-order valence-corrected chi connectivity index (χ3v) is 2.78. The van der Waals surface area contributed by atoms with Gasteiger partial charge in [0.2, 0.25) is 11.7 Å². The summed E-state index contributed by atoms with van der Waals surface area (Å²) in [6, 6.07) is 0. The Labute approximate surface area is 108 Å². The summed E-state index contributed by atoms with van der Waals surface area (Å²) in [7, 11) is 1.46. The van der Waals surface area contributed by atoms with Gasteiger partial charge in [-0.05, 0) is 6.42 Å². The average molecular weight is 282 g/mol. The van der Waals surface area contributed by atoms with E-state index in [1.807, 2.05) is 6.92 Å². The minimum Gasteiger partial charge on any atom is -0.383 e. The molecule has 3 atom stereocenters. The Morgan fingerprint density at radius 2 is 2.05 bits per heavy atom. The summed E-state index contributed by atoms with van der Waals surface area (Å²) in [5, 5.41) is 12.7. The standard InChI is InChI=1S/C11H17F3N2O3/c1-4-5-7(18-3)9-15-10(19-16-9)6(2)8(17)11(12,13)14/h6-8,17H,4-5H2,1-3H3. The zero-order chi connectivity index (χ0) is 14.6. The number of rotatable bonds is 6. The van der Waals surface area contributed by atoms with Crippen LogP contribution in [0.4, 0.5) is 13.2 Å². The maximum Gasteiger partial charge on any atom is 0.415 e. The van der Waals surface area contributed by atoms with Crippen molar-refractivity contribution < 1.29 is 27.5 Å². The van der Waals surface area contributed by atoms with Crippen molar-refractivity contribution in [3.63, 3.8) is 0 Å². The van der Waals surface area contributed by atoms with Gasteiger partial charge in [0.1, 0.15) is 6.10 Å². The molecule has 0 saturated heterocycles. The molecule has 0 bridgehead atoms. The van der Waals surface area contributed by atoms with Crippen LogP contribution in [0.2, 0.25) is 0 Å². The van der Waals surface area contributed by atoms with E-state index in [4.69, 9.17) is 14.4 Å². The van der Waals surface area contributed by atoms with Gasteiger partial charge in [0.05, 0.1) is 5.92 Å². The Morgan fingerprint density at radius 3 is 2.53 bits per heavy atom. The monoisotopic (exact) mass is 282 g/mol. The Balaban J connectivity index is 2.84. The molecule has 1 aromatic rings. The molecular weight excluding hydrogens is 265 g/mol. The van der Waals surface area contributed by atoms with E-state index < -0.39 is 24.3 Å². The van der Waals surface area contributed by atoms with Gasteiger partial charge in [-0.25, -0.2) is 0 Å². The predicted octanol–water partition coefficient (Wildman–Crippen LogP) is 2.58. The smallest absolute Gasteiger partial charge is 0.383 e. The van der Waals surface area contributed by atoms with Crippen molar-refractivity contribution in [1.29, 1.82) is 0 Å². The van der Waals surface area contributed by atoms with Gasteiger partial charge in [-0.15, -0.1) is 0 Å². The van der Waals surface area contributed by atoms with Gasteiger partial charge in [0, 0.05) is 7.11 Å². The third-order valence-electron chi connectivity index (χ3n) is 2.78. The van der Waals surface area contributed by atoms with E-state index in [-0.39, 0.29) is 11.7 Å². The zero-order valence-corrected chi connectivity index (χ0v) is 10.9. The van der Waals surface area contributed by atoms with Crippen LogP contribution in [0.25, 0.3) is 0 Å². The van der Waals surface area contributed by atoms with E-state index in [9.17, 15) is 13.2 Å². The average Bonchev–Trinajstić information content (AvgIpc) is 2.82. The van der Waals surface area contributed by atoms with E-state index in [0.717, 1.165) is 6.42 Å². The lowest BCUT2D eigenvalue weighted by atomic mass is 10.0. The Bertz CT molecular complexity index is 395. The number of halogens is 3. The van der Waals surface area contributed by atoms with Gasteiger partial charge >= 0.3 is 6.18 Å². The molecule has 1 heterocycles. The topological polar surface area (TPSA) is 68.4 Å². The molecular formula is C11H17F3N2O3. The fourth-order valence-corrected chi connectivity index (χ4v) is 1.60. The van der Waals surface area contributed by atoms with Crippen LogP contribution in [0.15, 0.2) is 4.52 Å². The van der Waals surface area contributed by atoms with Crippen molar-refractivity contribution in [1.82, 2.24) is 10.1 Å². The second kappa shape index (κ2) is 6.33. The lowest BCUT2D eigenvalue weighted by molar-refractivity contribution is -0.210. The fourth-order valence-electron chi connectivity index (χ4n) is 1.60. The van der Waals surface area contributed by atoms with Gasteiger partial charge in [-0.1, -0.05) is 25.4 Å². The lowest BCUT2D eigenvalue weighted by Gasteiger charge is -2.18. The van der Waals surface area contributed by atoms with Gasteiger partial charge in [0.15, 0.2) is 6.10 Å². The normalized spacial score (nSPS) is 17.2. The van der Waals surface area contributed by atoms with E-state index in [1.54, 1.807) is 0 Å². The number of alkyl halides is 3. The summed E-state index contributed by atoms with van der Waals surface area (Å²) < 4.78 is 47.0. The summed E-state index contributed by atoms with van der Waals surface area (Å²) in [4.78, 5) is 3.87. The number of hydrogen-bond acceptors (Lipinski definition) is 5. The maximum atomic E-state index is 12.4. The molecule has 1 N–H and O–H groups in total. The minimum atomic E-state index is -4.72. The van der Waals surface area contributed by atoms with Gasteiger partial charge < -0.3 is 14.4 Å². The summed E-state index contributed by atoms with van der Waals surface area (Å²) in [5.41, 5.74) is 0. The van der Waals surface area contributed by atoms with Crippen LogP contribution in [0, 0.1) is 0 Å². The van der Waals surface area contributed by atoms with Crippen molar-refractivity contribution in [2.24, 2.45) is 0 Å². The highest BCUT2D eigenvalue weighted by Gasteiger charge is 2.44. The van der Waals surface area contributed by atoms with E-state index >= 15 is 0 Å². The molecule has 3 unspecified atom stereocenters. The summed E-state index contributed by atoms with van der Waals surface area (Å²) in [6.07, 6.45) is -6.24. The zero-order valence-electron chi connectivity index (χ0n) is 10.9.